The van der Waals surface area contributed by atoms with Gasteiger partial charge >= 0.3 is 0 Å². The van der Waals surface area contributed by atoms with Gasteiger partial charge in [-0.3, -0.25) is 14.6 Å². The third-order valence-electron chi connectivity index (χ3n) is 5.69. The first kappa shape index (κ1) is 24.8. The molecule has 2 heterocycles. The summed E-state index contributed by atoms with van der Waals surface area (Å²) >= 11 is 12.4. The molecule has 0 bridgehead atoms. The average molecular weight is 511 g/mol. The molecule has 4 rings (SSSR count). The number of ether oxygens (including phenoxy) is 1. The lowest BCUT2D eigenvalue weighted by Gasteiger charge is -2.25. The zero-order chi connectivity index (χ0) is 25.3. The van der Waals surface area contributed by atoms with Crippen LogP contribution in [0.3, 0.4) is 0 Å². The molecule has 1 aliphatic rings. The summed E-state index contributed by atoms with van der Waals surface area (Å²) in [5.41, 5.74) is 2.47. The third kappa shape index (κ3) is 5.04. The summed E-state index contributed by atoms with van der Waals surface area (Å²) in [6.45, 7) is 5.83. The second kappa shape index (κ2) is 10.1. The molecule has 0 saturated carbocycles. The van der Waals surface area contributed by atoms with Gasteiger partial charge < -0.3 is 14.7 Å². The molecule has 180 valence electrons. The summed E-state index contributed by atoms with van der Waals surface area (Å²) in [5, 5.41) is 11.9. The molecule has 1 saturated heterocycles. The SMILES string of the molecule is Cc1cc(/C(O)=C2/C(=O)C(=O)N(Cc3cccnc3)C2c2ccc(Cl)c(Cl)c2)ccc1OC(C)C. The maximum atomic E-state index is 13.2. The van der Waals surface area contributed by atoms with Crippen LogP contribution in [-0.4, -0.2) is 32.8 Å². The molecule has 3 aromatic rings. The number of likely N-dealkylation sites (tertiary alicyclic amines) is 1. The molecule has 1 amide bonds. The molecule has 1 N–H and O–H groups in total. The van der Waals surface area contributed by atoms with E-state index in [2.05, 4.69) is 4.98 Å². The number of amides is 1. The molecular formula is C27H24Cl2N2O4. The van der Waals surface area contributed by atoms with Gasteiger partial charge in [-0.1, -0.05) is 35.3 Å². The van der Waals surface area contributed by atoms with Crippen molar-refractivity contribution in [3.05, 3.63) is 98.8 Å². The molecule has 1 unspecified atom stereocenters. The predicted molar refractivity (Wildman–Crippen MR) is 135 cm³/mol. The third-order valence-corrected chi connectivity index (χ3v) is 6.43. The zero-order valence-electron chi connectivity index (χ0n) is 19.5. The molecule has 1 aliphatic heterocycles. The number of pyridine rings is 1. The van der Waals surface area contributed by atoms with Gasteiger partial charge in [-0.05, 0) is 73.9 Å². The van der Waals surface area contributed by atoms with Gasteiger partial charge in [0.05, 0.1) is 27.8 Å². The predicted octanol–water partition coefficient (Wildman–Crippen LogP) is 6.11. The number of aromatic nitrogens is 1. The molecule has 8 heteroatoms. The minimum absolute atomic E-state index is 0.0133. The Kier molecular flexibility index (Phi) is 7.15. The van der Waals surface area contributed by atoms with Crippen molar-refractivity contribution in [3.8, 4) is 5.75 Å². The van der Waals surface area contributed by atoms with Crippen molar-refractivity contribution >= 4 is 40.7 Å². The Hall–Kier alpha value is -3.35. The van der Waals surface area contributed by atoms with Crippen LogP contribution in [0.5, 0.6) is 5.75 Å². The topological polar surface area (TPSA) is 79.7 Å². The number of rotatable bonds is 6. The standard InChI is InChI=1S/C27H24Cl2N2O4/c1-15(2)35-22-9-7-19(11-16(22)3)25(32)23-24(18-6-8-20(28)21(29)12-18)31(27(34)26(23)33)14-17-5-4-10-30-13-17/h4-13,15,24,32H,14H2,1-3H3/b25-23-. The number of Topliss-reactive ketones (excluding diaryl/α,β-unsaturated/α-hetero) is 1. The van der Waals surface area contributed by atoms with E-state index >= 15 is 0 Å². The van der Waals surface area contributed by atoms with Crippen LogP contribution in [0.15, 0.2) is 66.5 Å². The van der Waals surface area contributed by atoms with Gasteiger partial charge in [0.2, 0.25) is 0 Å². The maximum absolute atomic E-state index is 13.2. The number of nitrogens with zero attached hydrogens (tertiary/aromatic N) is 2. The van der Waals surface area contributed by atoms with E-state index < -0.39 is 17.7 Å². The van der Waals surface area contributed by atoms with E-state index in [1.54, 1.807) is 54.9 Å². The van der Waals surface area contributed by atoms with Crippen molar-refractivity contribution < 1.29 is 19.4 Å². The first-order chi connectivity index (χ1) is 16.7. The summed E-state index contributed by atoms with van der Waals surface area (Å²) in [6.07, 6.45) is 3.24. The quantitative estimate of drug-likeness (QED) is 0.246. The fourth-order valence-electron chi connectivity index (χ4n) is 4.10. The molecule has 1 fully saturated rings. The number of halogens is 2. The van der Waals surface area contributed by atoms with Crippen LogP contribution in [0, 0.1) is 6.92 Å². The number of carbonyl (C=O) groups excluding carboxylic acids is 2. The highest BCUT2D eigenvalue weighted by Gasteiger charge is 2.46. The second-order valence-electron chi connectivity index (χ2n) is 8.61. The highest BCUT2D eigenvalue weighted by molar-refractivity contribution is 6.46. The average Bonchev–Trinajstić information content (AvgIpc) is 3.07. The molecule has 35 heavy (non-hydrogen) atoms. The van der Waals surface area contributed by atoms with Crippen LogP contribution in [0.2, 0.25) is 10.0 Å². The molecule has 0 aliphatic carbocycles. The van der Waals surface area contributed by atoms with Gasteiger partial charge in [0.25, 0.3) is 11.7 Å². The van der Waals surface area contributed by atoms with Gasteiger partial charge in [0.15, 0.2) is 0 Å². The van der Waals surface area contributed by atoms with Crippen LogP contribution in [0.4, 0.5) is 0 Å². The number of ketones is 1. The number of hydrogen-bond donors (Lipinski definition) is 1. The Morgan fingerprint density at radius 3 is 2.51 bits per heavy atom. The lowest BCUT2D eigenvalue weighted by molar-refractivity contribution is -0.140. The van der Waals surface area contributed by atoms with Crippen LogP contribution in [0.1, 0.15) is 42.1 Å². The first-order valence-electron chi connectivity index (χ1n) is 11.1. The van der Waals surface area contributed by atoms with Crippen molar-refractivity contribution in [1.29, 1.82) is 0 Å². The number of hydrogen-bond acceptors (Lipinski definition) is 5. The van der Waals surface area contributed by atoms with Gasteiger partial charge in [-0.25, -0.2) is 0 Å². The number of benzene rings is 2. The fourth-order valence-corrected chi connectivity index (χ4v) is 4.41. The Labute approximate surface area is 213 Å². The largest absolute Gasteiger partial charge is 0.507 e. The minimum atomic E-state index is -0.864. The normalized spacial score (nSPS) is 17.3. The molecule has 0 radical (unpaired) electrons. The lowest BCUT2D eigenvalue weighted by Crippen LogP contribution is -2.29. The number of carbonyl (C=O) groups is 2. The molecule has 6 nitrogen and oxygen atoms in total. The summed E-state index contributed by atoms with van der Waals surface area (Å²) in [7, 11) is 0. The van der Waals surface area contributed by atoms with Gasteiger partial charge in [0.1, 0.15) is 11.5 Å². The van der Waals surface area contributed by atoms with Crippen molar-refractivity contribution in [1.82, 2.24) is 9.88 Å². The Bertz CT molecular complexity index is 1320. The van der Waals surface area contributed by atoms with E-state index in [1.165, 1.54) is 4.90 Å². The van der Waals surface area contributed by atoms with Crippen LogP contribution in [0.25, 0.3) is 5.76 Å². The summed E-state index contributed by atoms with van der Waals surface area (Å²) in [4.78, 5) is 31.9. The second-order valence-corrected chi connectivity index (χ2v) is 9.42. The number of aryl methyl sites for hydroxylation is 1. The van der Waals surface area contributed by atoms with E-state index in [-0.39, 0.29) is 29.0 Å². The van der Waals surface area contributed by atoms with Crippen LogP contribution < -0.4 is 4.74 Å². The molecule has 1 aromatic heterocycles. The van der Waals surface area contributed by atoms with Crippen molar-refractivity contribution in [3.63, 3.8) is 0 Å². The number of aliphatic hydroxyl groups excluding tert-OH is 1. The van der Waals surface area contributed by atoms with Crippen LogP contribution >= 0.6 is 23.2 Å². The Morgan fingerprint density at radius 1 is 1.11 bits per heavy atom. The zero-order valence-corrected chi connectivity index (χ0v) is 21.0. The summed E-state index contributed by atoms with van der Waals surface area (Å²) in [5.74, 6) is -1.09. The van der Waals surface area contributed by atoms with E-state index in [4.69, 9.17) is 27.9 Å². The molecule has 2 aromatic carbocycles. The van der Waals surface area contributed by atoms with E-state index in [0.29, 0.717) is 21.9 Å². The smallest absolute Gasteiger partial charge is 0.295 e. The Balaban J connectivity index is 1.85. The minimum Gasteiger partial charge on any atom is -0.507 e. The highest BCUT2D eigenvalue weighted by atomic mass is 35.5. The van der Waals surface area contributed by atoms with E-state index in [0.717, 1.165) is 11.1 Å². The molecule has 0 spiro atoms. The highest BCUT2D eigenvalue weighted by Crippen LogP contribution is 2.42. The summed E-state index contributed by atoms with van der Waals surface area (Å²) in [6, 6.07) is 12.7. The number of aliphatic hydroxyl groups is 1. The maximum Gasteiger partial charge on any atom is 0.295 e. The van der Waals surface area contributed by atoms with E-state index in [9.17, 15) is 14.7 Å². The van der Waals surface area contributed by atoms with Crippen molar-refractivity contribution in [2.24, 2.45) is 0 Å². The van der Waals surface area contributed by atoms with Crippen molar-refractivity contribution in [2.75, 3.05) is 0 Å². The van der Waals surface area contributed by atoms with Crippen molar-refractivity contribution in [2.45, 2.75) is 39.5 Å². The monoisotopic (exact) mass is 510 g/mol. The lowest BCUT2D eigenvalue weighted by atomic mass is 9.94. The Morgan fingerprint density at radius 2 is 1.89 bits per heavy atom. The molecular weight excluding hydrogens is 487 g/mol. The molecule has 1 atom stereocenters. The van der Waals surface area contributed by atoms with Gasteiger partial charge in [-0.2, -0.15) is 0 Å². The van der Waals surface area contributed by atoms with E-state index in [1.807, 2.05) is 26.8 Å². The van der Waals surface area contributed by atoms with Gasteiger partial charge in [0, 0.05) is 24.5 Å². The van der Waals surface area contributed by atoms with Gasteiger partial charge in [-0.15, -0.1) is 0 Å². The van der Waals surface area contributed by atoms with Crippen LogP contribution in [-0.2, 0) is 16.1 Å². The summed E-state index contributed by atoms with van der Waals surface area (Å²) < 4.78 is 5.78. The first-order valence-corrected chi connectivity index (χ1v) is 11.8. The fraction of sp³-hybridized carbons (Fsp3) is 0.222.